The number of fused-ring (bicyclic) bond motifs is 1. The number of hydrogen-bond acceptors (Lipinski definition) is 4. The number of Topliss-reactive ketones (excluding diaryl/α,β-unsaturated/α-hetero) is 1. The van der Waals surface area contributed by atoms with Crippen molar-refractivity contribution < 1.29 is 4.79 Å². The minimum absolute atomic E-state index is 0.152. The summed E-state index contributed by atoms with van der Waals surface area (Å²) in [5, 5.41) is 9.22. The van der Waals surface area contributed by atoms with Gasteiger partial charge in [-0.3, -0.25) is 15.6 Å². The predicted octanol–water partition coefficient (Wildman–Crippen LogP) is 4.37. The Morgan fingerprint density at radius 3 is 2.69 bits per heavy atom. The van der Waals surface area contributed by atoms with Gasteiger partial charge in [0.15, 0.2) is 5.78 Å². The summed E-state index contributed by atoms with van der Waals surface area (Å²) >= 11 is 5.96. The van der Waals surface area contributed by atoms with Crippen molar-refractivity contribution in [2.75, 3.05) is 5.43 Å². The van der Waals surface area contributed by atoms with Crippen molar-refractivity contribution in [3.63, 3.8) is 0 Å². The topological polar surface area (TPSA) is 65.8 Å². The summed E-state index contributed by atoms with van der Waals surface area (Å²) in [6.07, 6.45) is 4.14. The number of hydrazone groups is 2. The van der Waals surface area contributed by atoms with Crippen molar-refractivity contribution in [2.24, 2.45) is 10.2 Å². The van der Waals surface area contributed by atoms with Crippen LogP contribution in [0.2, 0.25) is 5.02 Å². The molecular formula is C20H21ClN4O. The van der Waals surface area contributed by atoms with Crippen molar-refractivity contribution in [2.45, 2.75) is 32.6 Å². The molecule has 1 aliphatic rings. The Morgan fingerprint density at radius 2 is 1.88 bits per heavy atom. The fourth-order valence-electron chi connectivity index (χ4n) is 2.86. The van der Waals surface area contributed by atoms with E-state index in [-0.39, 0.29) is 11.6 Å². The number of benzene rings is 2. The Balaban J connectivity index is 1.79. The monoisotopic (exact) mass is 368 g/mol. The Morgan fingerprint density at radius 1 is 1.08 bits per heavy atom. The van der Waals surface area contributed by atoms with Crippen LogP contribution in [0.5, 0.6) is 0 Å². The zero-order chi connectivity index (χ0) is 18.4. The van der Waals surface area contributed by atoms with Crippen LogP contribution in [0.1, 0.15) is 37.3 Å². The molecule has 0 heterocycles. The van der Waals surface area contributed by atoms with E-state index >= 15 is 0 Å². The van der Waals surface area contributed by atoms with Gasteiger partial charge in [-0.15, -0.1) is 0 Å². The molecule has 0 fully saturated rings. The molecule has 0 bridgehead atoms. The molecule has 5 nitrogen and oxygen atoms in total. The summed E-state index contributed by atoms with van der Waals surface area (Å²) in [5.74, 6) is -0.0509. The molecule has 0 saturated carbocycles. The Labute approximate surface area is 158 Å². The first-order chi connectivity index (χ1) is 12.6. The van der Waals surface area contributed by atoms with E-state index in [1.54, 1.807) is 12.1 Å². The van der Waals surface area contributed by atoms with Gasteiger partial charge < -0.3 is 0 Å². The van der Waals surface area contributed by atoms with Crippen molar-refractivity contribution in [3.8, 4) is 0 Å². The van der Waals surface area contributed by atoms with Gasteiger partial charge in [-0.05, 0) is 49.4 Å². The van der Waals surface area contributed by atoms with E-state index in [2.05, 4.69) is 33.2 Å². The molecular weight excluding hydrogens is 348 g/mol. The average molecular weight is 369 g/mol. The zero-order valence-electron chi connectivity index (χ0n) is 14.6. The molecule has 6 heteroatoms. The second kappa shape index (κ2) is 8.63. The zero-order valence-corrected chi connectivity index (χ0v) is 15.4. The van der Waals surface area contributed by atoms with Crippen molar-refractivity contribution in [3.05, 3.63) is 64.7 Å². The minimum Gasteiger partial charge on any atom is -0.291 e. The quantitative estimate of drug-likeness (QED) is 0.364. The van der Waals surface area contributed by atoms with Gasteiger partial charge in [0, 0.05) is 17.5 Å². The van der Waals surface area contributed by atoms with Gasteiger partial charge >= 0.3 is 0 Å². The minimum atomic E-state index is -0.203. The molecule has 0 saturated heterocycles. The molecule has 0 radical (unpaired) electrons. The van der Waals surface area contributed by atoms with E-state index < -0.39 is 0 Å². The van der Waals surface area contributed by atoms with Crippen LogP contribution in [0.25, 0.3) is 0 Å². The summed E-state index contributed by atoms with van der Waals surface area (Å²) < 4.78 is 0. The van der Waals surface area contributed by atoms with Gasteiger partial charge in [0.05, 0.1) is 11.4 Å². The normalized spacial score (nSPS) is 15.9. The molecule has 2 N–H and O–H groups in total. The number of nitrogens with zero attached hydrogens (tertiary/aromatic N) is 2. The lowest BCUT2D eigenvalue weighted by Gasteiger charge is -2.09. The molecule has 0 atom stereocenters. The first-order valence-corrected chi connectivity index (χ1v) is 9.02. The van der Waals surface area contributed by atoms with Gasteiger partial charge in [-0.1, -0.05) is 41.9 Å². The number of halogens is 1. The smallest absolute Gasteiger partial charge is 0.209 e. The van der Waals surface area contributed by atoms with Gasteiger partial charge in [0.2, 0.25) is 5.84 Å². The van der Waals surface area contributed by atoms with E-state index in [4.69, 9.17) is 11.6 Å². The largest absolute Gasteiger partial charge is 0.291 e. The van der Waals surface area contributed by atoms with Crippen LogP contribution in [0.15, 0.2) is 58.7 Å². The highest BCUT2D eigenvalue weighted by Crippen LogP contribution is 2.20. The van der Waals surface area contributed by atoms with Crippen LogP contribution in [0, 0.1) is 0 Å². The third-order valence-electron chi connectivity index (χ3n) is 4.19. The van der Waals surface area contributed by atoms with Gasteiger partial charge in [-0.25, -0.2) is 0 Å². The number of carbonyl (C=O) groups is 1. The van der Waals surface area contributed by atoms with Crippen LogP contribution < -0.4 is 10.9 Å². The van der Waals surface area contributed by atoms with Gasteiger partial charge in [0.1, 0.15) is 0 Å². The molecule has 26 heavy (non-hydrogen) atoms. The fourth-order valence-corrected chi connectivity index (χ4v) is 3.05. The SMILES string of the molecule is CC(=O)/C(=N\Nc1cccc(Cl)c1)N/N=C1\CCCCc2ccccc21. The Bertz CT molecular complexity index is 860. The highest BCUT2D eigenvalue weighted by atomic mass is 35.5. The molecule has 0 aliphatic heterocycles. The highest BCUT2D eigenvalue weighted by molar-refractivity contribution is 6.38. The summed E-state index contributed by atoms with van der Waals surface area (Å²) in [7, 11) is 0. The first-order valence-electron chi connectivity index (χ1n) is 8.64. The summed E-state index contributed by atoms with van der Waals surface area (Å²) in [6.45, 7) is 1.45. The van der Waals surface area contributed by atoms with Crippen LogP contribution >= 0.6 is 11.6 Å². The van der Waals surface area contributed by atoms with E-state index in [0.29, 0.717) is 10.7 Å². The third-order valence-corrected chi connectivity index (χ3v) is 4.42. The van der Waals surface area contributed by atoms with Crippen LogP contribution in [0.4, 0.5) is 5.69 Å². The summed E-state index contributed by atoms with van der Waals surface area (Å²) in [6, 6.07) is 15.4. The maximum absolute atomic E-state index is 11.9. The molecule has 0 aromatic heterocycles. The van der Waals surface area contributed by atoms with Gasteiger partial charge in [0.25, 0.3) is 0 Å². The van der Waals surface area contributed by atoms with E-state index in [9.17, 15) is 4.79 Å². The molecule has 134 valence electrons. The second-order valence-electron chi connectivity index (χ2n) is 6.17. The second-order valence-corrected chi connectivity index (χ2v) is 6.61. The van der Waals surface area contributed by atoms with E-state index in [0.717, 1.165) is 37.0 Å². The fraction of sp³-hybridized carbons (Fsp3) is 0.250. The van der Waals surface area contributed by atoms with Crippen LogP contribution in [-0.2, 0) is 11.2 Å². The number of aryl methyl sites for hydroxylation is 1. The van der Waals surface area contributed by atoms with Crippen molar-refractivity contribution in [1.29, 1.82) is 0 Å². The van der Waals surface area contributed by atoms with E-state index in [1.807, 2.05) is 24.3 Å². The average Bonchev–Trinajstić information content (AvgIpc) is 2.84. The number of carbonyl (C=O) groups excluding carboxylic acids is 1. The number of nitrogens with one attached hydrogen (secondary N) is 2. The summed E-state index contributed by atoms with van der Waals surface area (Å²) in [5.41, 5.74) is 9.76. The number of anilines is 1. The van der Waals surface area contributed by atoms with Crippen LogP contribution in [0.3, 0.4) is 0 Å². The van der Waals surface area contributed by atoms with E-state index in [1.165, 1.54) is 12.5 Å². The molecule has 2 aromatic rings. The number of rotatable bonds is 4. The lowest BCUT2D eigenvalue weighted by molar-refractivity contribution is -0.111. The summed E-state index contributed by atoms with van der Waals surface area (Å²) in [4.78, 5) is 11.9. The molecule has 3 rings (SSSR count). The van der Waals surface area contributed by atoms with Crippen molar-refractivity contribution in [1.82, 2.24) is 5.43 Å². The Hall–Kier alpha value is -2.66. The maximum atomic E-state index is 11.9. The number of ketones is 1. The molecule has 0 amide bonds. The number of hydrogen-bond donors (Lipinski definition) is 2. The van der Waals surface area contributed by atoms with Crippen LogP contribution in [-0.4, -0.2) is 17.3 Å². The number of amidine groups is 1. The maximum Gasteiger partial charge on any atom is 0.209 e. The molecule has 0 spiro atoms. The van der Waals surface area contributed by atoms with Gasteiger partial charge in [-0.2, -0.15) is 10.2 Å². The molecule has 1 aliphatic carbocycles. The molecule has 2 aromatic carbocycles. The standard InChI is InChI=1S/C20H21ClN4O/c1-14(26)20(24-22-17-10-6-9-16(21)13-17)25-23-19-12-5-3-8-15-7-2-4-11-18(15)19/h2,4,6-7,9-11,13,22H,3,5,8,12H2,1H3,(H,24,25)/b23-19+. The lowest BCUT2D eigenvalue weighted by Crippen LogP contribution is -2.28. The van der Waals surface area contributed by atoms with Crippen molar-refractivity contribution >= 4 is 34.6 Å². The molecule has 0 unspecified atom stereocenters. The lowest BCUT2D eigenvalue weighted by atomic mass is 10.0. The predicted molar refractivity (Wildman–Crippen MR) is 107 cm³/mol. The first kappa shape index (κ1) is 18.1. The highest BCUT2D eigenvalue weighted by Gasteiger charge is 2.14. The third kappa shape index (κ3) is 4.70. The Kier molecular flexibility index (Phi) is 6.02.